The average molecular weight is 509 g/mol. The Bertz CT molecular complexity index is 1320. The molecule has 0 spiro atoms. The molecule has 0 amide bonds. The molecule has 0 N–H and O–H groups in total. The van der Waals surface area contributed by atoms with Crippen LogP contribution in [0.5, 0.6) is 11.5 Å². The van der Waals surface area contributed by atoms with E-state index in [-0.39, 0.29) is 35.8 Å². The molecule has 10 nitrogen and oxygen atoms in total. The molecular formula is C27H28N2O8. The van der Waals surface area contributed by atoms with Crippen molar-refractivity contribution in [1.82, 2.24) is 9.88 Å². The summed E-state index contributed by atoms with van der Waals surface area (Å²) in [5.41, 5.74) is 2.58. The van der Waals surface area contributed by atoms with Crippen LogP contribution in [0.2, 0.25) is 0 Å². The normalized spacial score (nSPS) is 27.6. The zero-order valence-corrected chi connectivity index (χ0v) is 21.1. The van der Waals surface area contributed by atoms with Crippen LogP contribution in [0.25, 0.3) is 0 Å². The Morgan fingerprint density at radius 1 is 1.05 bits per heavy atom. The highest BCUT2D eigenvalue weighted by Crippen LogP contribution is 2.51. The topological polar surface area (TPSA) is 113 Å². The van der Waals surface area contributed by atoms with Gasteiger partial charge in [0.2, 0.25) is 6.79 Å². The maximum atomic E-state index is 13.4. The van der Waals surface area contributed by atoms with Crippen LogP contribution in [0.3, 0.4) is 0 Å². The summed E-state index contributed by atoms with van der Waals surface area (Å²) in [4.78, 5) is 45.4. The van der Waals surface area contributed by atoms with Gasteiger partial charge in [0.25, 0.3) is 0 Å². The third-order valence-corrected chi connectivity index (χ3v) is 8.12. The summed E-state index contributed by atoms with van der Waals surface area (Å²) < 4.78 is 28.0. The average Bonchev–Trinajstić information content (AvgIpc) is 3.48. The second-order valence-corrected chi connectivity index (χ2v) is 10.1. The maximum absolute atomic E-state index is 13.4. The van der Waals surface area contributed by atoms with Crippen molar-refractivity contribution in [2.75, 3.05) is 27.5 Å². The molecular weight excluding hydrogens is 480 g/mol. The second-order valence-electron chi connectivity index (χ2n) is 10.1. The third kappa shape index (κ3) is 3.73. The van der Waals surface area contributed by atoms with Gasteiger partial charge in [-0.2, -0.15) is 0 Å². The molecule has 1 aromatic heterocycles. The van der Waals surface area contributed by atoms with Gasteiger partial charge in [0, 0.05) is 12.0 Å². The van der Waals surface area contributed by atoms with Crippen molar-refractivity contribution in [3.05, 3.63) is 51.8 Å². The summed E-state index contributed by atoms with van der Waals surface area (Å²) in [7, 11) is 3.35. The molecule has 0 unspecified atom stereocenters. The van der Waals surface area contributed by atoms with Gasteiger partial charge in [0.15, 0.2) is 11.5 Å². The molecule has 10 heteroatoms. The van der Waals surface area contributed by atoms with Gasteiger partial charge in [-0.3, -0.25) is 4.98 Å². The molecule has 6 rings (SSSR count). The van der Waals surface area contributed by atoms with Gasteiger partial charge >= 0.3 is 17.9 Å². The molecule has 194 valence electrons. The highest BCUT2D eigenvalue weighted by Gasteiger charge is 2.55. The molecule has 4 heterocycles. The number of likely N-dealkylation sites (N-methyl/N-ethyl adjacent to an activating group) is 1. The molecule has 2 fully saturated rings. The van der Waals surface area contributed by atoms with Crippen LogP contribution in [-0.4, -0.2) is 73.5 Å². The van der Waals surface area contributed by atoms with E-state index in [1.807, 2.05) is 6.07 Å². The molecule has 1 aliphatic carbocycles. The molecule has 0 radical (unpaired) electrons. The number of aryl methyl sites for hydroxylation is 2. The van der Waals surface area contributed by atoms with Crippen molar-refractivity contribution < 1.29 is 38.1 Å². The zero-order chi connectivity index (χ0) is 26.0. The number of likely N-dealkylation sites (tertiary alicyclic amines) is 1. The van der Waals surface area contributed by atoms with Crippen molar-refractivity contribution in [3.63, 3.8) is 0 Å². The summed E-state index contributed by atoms with van der Waals surface area (Å²) >= 11 is 0. The van der Waals surface area contributed by atoms with Crippen LogP contribution >= 0.6 is 0 Å². The first kappa shape index (κ1) is 23.7. The standard InChI is InChI=1S/C27H28N2O8/c1-12-15(25(30)33-4)8-16(13(2)28-12)26(31)36-21-7-14-5-6-29(3)23(14)22-17-9-19-20(35-11-34-19)10-18(17)27(32)37-24(21)22/h8-10,14,21-24H,5-7,11H2,1-4H3/t14-,21+,22+,23-,24+/m1/s1. The fourth-order valence-corrected chi connectivity index (χ4v) is 6.40. The molecule has 2 aromatic rings. The first-order valence-electron chi connectivity index (χ1n) is 12.4. The predicted molar refractivity (Wildman–Crippen MR) is 128 cm³/mol. The van der Waals surface area contributed by atoms with E-state index in [0.717, 1.165) is 18.5 Å². The number of hydrogen-bond acceptors (Lipinski definition) is 10. The van der Waals surface area contributed by atoms with Crippen LogP contribution < -0.4 is 9.47 Å². The summed E-state index contributed by atoms with van der Waals surface area (Å²) in [6.45, 7) is 4.37. The van der Waals surface area contributed by atoms with Gasteiger partial charge in [-0.15, -0.1) is 0 Å². The van der Waals surface area contributed by atoms with Gasteiger partial charge < -0.3 is 28.6 Å². The van der Waals surface area contributed by atoms with Gasteiger partial charge in [-0.05, 0) is 70.0 Å². The summed E-state index contributed by atoms with van der Waals surface area (Å²) in [5.74, 6) is -0.499. The molecule has 1 saturated heterocycles. The number of benzene rings is 1. The Hall–Kier alpha value is -3.66. The quantitative estimate of drug-likeness (QED) is 0.453. The van der Waals surface area contributed by atoms with E-state index in [2.05, 4.69) is 16.9 Å². The lowest BCUT2D eigenvalue weighted by atomic mass is 9.69. The second kappa shape index (κ2) is 8.72. The monoisotopic (exact) mass is 508 g/mol. The SMILES string of the molecule is COC(=O)c1cc(C(=O)O[C@H]2C[C@H]3CCN(C)[C@H]3[C@@H]3c4cc5c(cc4C(=O)O[C@H]32)OCO5)c(C)nc1C. The number of esters is 3. The van der Waals surface area contributed by atoms with E-state index in [9.17, 15) is 14.4 Å². The number of carbonyl (C=O) groups is 3. The minimum atomic E-state index is -0.662. The minimum Gasteiger partial charge on any atom is -0.465 e. The Kier molecular flexibility index (Phi) is 5.59. The largest absolute Gasteiger partial charge is 0.465 e. The fraction of sp³-hybridized carbons (Fsp3) is 0.481. The maximum Gasteiger partial charge on any atom is 0.340 e. The minimum absolute atomic E-state index is 0.102. The van der Waals surface area contributed by atoms with Crippen LogP contribution in [0.1, 0.15) is 66.8 Å². The number of nitrogens with zero attached hydrogens (tertiary/aromatic N) is 2. The molecule has 3 aliphatic heterocycles. The Morgan fingerprint density at radius 2 is 1.76 bits per heavy atom. The number of rotatable bonds is 3. The lowest BCUT2D eigenvalue weighted by molar-refractivity contribution is -0.0866. The Morgan fingerprint density at radius 3 is 2.49 bits per heavy atom. The number of methoxy groups -OCH3 is 1. The van der Waals surface area contributed by atoms with Crippen molar-refractivity contribution in [2.45, 2.75) is 50.9 Å². The number of ether oxygens (including phenoxy) is 5. The number of pyridine rings is 1. The van der Waals surface area contributed by atoms with Crippen molar-refractivity contribution in [1.29, 1.82) is 0 Å². The molecule has 0 bridgehead atoms. The molecule has 37 heavy (non-hydrogen) atoms. The highest BCUT2D eigenvalue weighted by molar-refractivity contribution is 5.97. The molecule has 5 atom stereocenters. The summed E-state index contributed by atoms with van der Waals surface area (Å²) in [6.07, 6.45) is 0.196. The lowest BCUT2D eigenvalue weighted by Gasteiger charge is -2.48. The lowest BCUT2D eigenvalue weighted by Crippen LogP contribution is -2.55. The summed E-state index contributed by atoms with van der Waals surface area (Å²) in [5, 5.41) is 0. The fourth-order valence-electron chi connectivity index (χ4n) is 6.40. The first-order valence-corrected chi connectivity index (χ1v) is 12.4. The van der Waals surface area contributed by atoms with Crippen LogP contribution in [0, 0.1) is 19.8 Å². The zero-order valence-electron chi connectivity index (χ0n) is 21.1. The predicted octanol–water partition coefficient (Wildman–Crippen LogP) is 2.79. The van der Waals surface area contributed by atoms with Crippen LogP contribution in [0.15, 0.2) is 18.2 Å². The number of fused-ring (bicyclic) bond motifs is 6. The first-order chi connectivity index (χ1) is 17.8. The van der Waals surface area contributed by atoms with Crippen LogP contribution in [-0.2, 0) is 14.2 Å². The third-order valence-electron chi connectivity index (χ3n) is 8.12. The van der Waals surface area contributed by atoms with E-state index in [0.29, 0.717) is 34.9 Å². The van der Waals surface area contributed by atoms with Crippen molar-refractivity contribution in [3.8, 4) is 11.5 Å². The van der Waals surface area contributed by atoms with E-state index in [1.165, 1.54) is 13.2 Å². The molecule has 4 aliphatic rings. The number of carbonyl (C=O) groups excluding carboxylic acids is 3. The van der Waals surface area contributed by atoms with Gasteiger partial charge in [-0.25, -0.2) is 14.4 Å². The number of aromatic nitrogens is 1. The van der Waals surface area contributed by atoms with Crippen molar-refractivity contribution >= 4 is 17.9 Å². The van der Waals surface area contributed by atoms with Gasteiger partial charge in [0.05, 0.1) is 35.2 Å². The van der Waals surface area contributed by atoms with Gasteiger partial charge in [0.1, 0.15) is 12.2 Å². The smallest absolute Gasteiger partial charge is 0.340 e. The number of hydrogen-bond donors (Lipinski definition) is 0. The Balaban J connectivity index is 1.36. The van der Waals surface area contributed by atoms with E-state index >= 15 is 0 Å². The van der Waals surface area contributed by atoms with Crippen LogP contribution in [0.4, 0.5) is 0 Å². The Labute approximate surface area is 213 Å². The van der Waals surface area contributed by atoms with Gasteiger partial charge in [-0.1, -0.05) is 0 Å². The van der Waals surface area contributed by atoms with E-state index < -0.39 is 30.1 Å². The van der Waals surface area contributed by atoms with E-state index in [1.54, 1.807) is 19.9 Å². The summed E-state index contributed by atoms with van der Waals surface area (Å²) in [6, 6.07) is 5.15. The molecule has 1 aromatic carbocycles. The molecule has 1 saturated carbocycles. The highest BCUT2D eigenvalue weighted by atomic mass is 16.7. The van der Waals surface area contributed by atoms with Crippen molar-refractivity contribution in [2.24, 2.45) is 5.92 Å². The van der Waals surface area contributed by atoms with E-state index in [4.69, 9.17) is 23.7 Å².